The van der Waals surface area contributed by atoms with E-state index in [4.69, 9.17) is 14.5 Å². The van der Waals surface area contributed by atoms with Crippen molar-refractivity contribution in [3.63, 3.8) is 0 Å². The zero-order chi connectivity index (χ0) is 20.6. The fourth-order valence-corrected chi connectivity index (χ4v) is 3.94. The Morgan fingerprint density at radius 1 is 1.03 bits per heavy atom. The molecule has 0 aliphatic carbocycles. The van der Waals surface area contributed by atoms with Gasteiger partial charge in [0.1, 0.15) is 6.61 Å². The monoisotopic (exact) mass is 408 g/mol. The van der Waals surface area contributed by atoms with Crippen LogP contribution in [0.5, 0.6) is 11.5 Å². The lowest BCUT2D eigenvalue weighted by molar-refractivity contribution is 0.0971. The number of fused-ring (bicyclic) bond motifs is 1. The van der Waals surface area contributed by atoms with Crippen molar-refractivity contribution in [3.05, 3.63) is 60.2 Å². The Balaban J connectivity index is 1.26. The number of benzene rings is 2. The molecule has 0 bridgehead atoms. The summed E-state index contributed by atoms with van der Waals surface area (Å²) < 4.78 is 11.8. The molecule has 2 aliphatic heterocycles. The van der Waals surface area contributed by atoms with Gasteiger partial charge in [0.15, 0.2) is 23.6 Å². The maximum atomic E-state index is 6.03. The third-order valence-electron chi connectivity index (χ3n) is 5.54. The van der Waals surface area contributed by atoms with Crippen molar-refractivity contribution >= 4 is 5.96 Å². The van der Waals surface area contributed by atoms with Gasteiger partial charge in [-0.1, -0.05) is 42.5 Å². The summed E-state index contributed by atoms with van der Waals surface area (Å²) in [5, 5.41) is 6.98. The summed E-state index contributed by atoms with van der Waals surface area (Å²) in [7, 11) is 0. The maximum Gasteiger partial charge on any atom is 0.191 e. The number of hydrogen-bond acceptors (Lipinski definition) is 4. The van der Waals surface area contributed by atoms with E-state index < -0.39 is 0 Å². The number of nitrogens with zero attached hydrogens (tertiary/aromatic N) is 2. The first kappa shape index (κ1) is 20.5. The summed E-state index contributed by atoms with van der Waals surface area (Å²) in [4.78, 5) is 7.30. The van der Waals surface area contributed by atoms with Crippen LogP contribution in [0.3, 0.4) is 0 Å². The van der Waals surface area contributed by atoms with Crippen molar-refractivity contribution < 1.29 is 9.47 Å². The minimum Gasteiger partial charge on any atom is -0.486 e. The molecular formula is C24H32N4O2. The van der Waals surface area contributed by atoms with Gasteiger partial charge in [-0.15, -0.1) is 0 Å². The molecule has 30 heavy (non-hydrogen) atoms. The van der Waals surface area contributed by atoms with Crippen LogP contribution in [0.1, 0.15) is 25.3 Å². The number of ether oxygens (including phenoxy) is 2. The predicted octanol–water partition coefficient (Wildman–Crippen LogP) is 3.05. The van der Waals surface area contributed by atoms with Crippen LogP contribution in [-0.4, -0.2) is 55.8 Å². The van der Waals surface area contributed by atoms with Crippen molar-refractivity contribution in [2.24, 2.45) is 4.99 Å². The van der Waals surface area contributed by atoms with E-state index in [1.165, 1.54) is 5.56 Å². The minimum absolute atomic E-state index is 0.0666. The quantitative estimate of drug-likeness (QED) is 0.568. The lowest BCUT2D eigenvalue weighted by Gasteiger charge is -2.33. The van der Waals surface area contributed by atoms with Crippen LogP contribution in [0.25, 0.3) is 0 Å². The molecule has 0 radical (unpaired) electrons. The number of rotatable bonds is 6. The zero-order valence-electron chi connectivity index (χ0n) is 17.7. The molecule has 1 atom stereocenters. The van der Waals surface area contributed by atoms with Crippen LogP contribution >= 0.6 is 0 Å². The first-order valence-electron chi connectivity index (χ1n) is 11.0. The van der Waals surface area contributed by atoms with Crippen LogP contribution in [0.4, 0.5) is 0 Å². The fraction of sp³-hybridized carbons (Fsp3) is 0.458. The largest absolute Gasteiger partial charge is 0.486 e. The molecule has 2 N–H and O–H groups in total. The third-order valence-corrected chi connectivity index (χ3v) is 5.54. The summed E-state index contributed by atoms with van der Waals surface area (Å²) in [5.74, 6) is 2.47. The standard InChI is InChI=1S/C24H32N4O2/c1-2-25-24(26-16-21-18-29-22-10-6-7-11-23(22)30-21)27-20-12-14-28(15-13-20)17-19-8-4-3-5-9-19/h3-11,20-21H,2,12-18H2,1H3,(H2,25,26,27). The topological polar surface area (TPSA) is 58.1 Å². The van der Waals surface area contributed by atoms with E-state index in [2.05, 4.69) is 52.8 Å². The summed E-state index contributed by atoms with van der Waals surface area (Å²) in [6.45, 7) is 7.25. The van der Waals surface area contributed by atoms with Gasteiger partial charge in [0.05, 0.1) is 6.54 Å². The highest BCUT2D eigenvalue weighted by Crippen LogP contribution is 2.30. The van der Waals surface area contributed by atoms with Gasteiger partial charge in [0.25, 0.3) is 0 Å². The van der Waals surface area contributed by atoms with Crippen LogP contribution < -0.4 is 20.1 Å². The van der Waals surface area contributed by atoms with Crippen molar-refractivity contribution in [3.8, 4) is 11.5 Å². The second kappa shape index (κ2) is 10.3. The molecule has 4 rings (SSSR count). The molecule has 6 heteroatoms. The number of para-hydroxylation sites is 2. The Bertz CT molecular complexity index is 819. The molecule has 0 aromatic heterocycles. The Kier molecular flexibility index (Phi) is 7.08. The molecule has 6 nitrogen and oxygen atoms in total. The van der Waals surface area contributed by atoms with Crippen molar-refractivity contribution in [1.82, 2.24) is 15.5 Å². The summed E-state index contributed by atoms with van der Waals surface area (Å²) in [6.07, 6.45) is 2.17. The van der Waals surface area contributed by atoms with Gasteiger partial charge in [-0.3, -0.25) is 4.90 Å². The molecular weight excluding hydrogens is 376 g/mol. The summed E-state index contributed by atoms with van der Waals surface area (Å²) in [5.41, 5.74) is 1.38. The average Bonchev–Trinajstić information content (AvgIpc) is 2.79. The van der Waals surface area contributed by atoms with E-state index in [1.54, 1.807) is 0 Å². The molecule has 1 saturated heterocycles. The molecule has 160 valence electrons. The smallest absolute Gasteiger partial charge is 0.191 e. The number of piperidine rings is 1. The van der Waals surface area contributed by atoms with Gasteiger partial charge in [-0.2, -0.15) is 0 Å². The van der Waals surface area contributed by atoms with Crippen molar-refractivity contribution in [1.29, 1.82) is 0 Å². The number of hydrogen-bond donors (Lipinski definition) is 2. The van der Waals surface area contributed by atoms with E-state index in [1.807, 2.05) is 24.3 Å². The lowest BCUT2D eigenvalue weighted by atomic mass is 10.0. The molecule has 0 amide bonds. The van der Waals surface area contributed by atoms with Crippen LogP contribution in [0.15, 0.2) is 59.6 Å². The van der Waals surface area contributed by atoms with E-state index in [0.29, 0.717) is 19.2 Å². The van der Waals surface area contributed by atoms with Crippen molar-refractivity contribution in [2.45, 2.75) is 38.5 Å². The number of likely N-dealkylation sites (tertiary alicyclic amines) is 1. The highest BCUT2D eigenvalue weighted by atomic mass is 16.6. The van der Waals surface area contributed by atoms with E-state index >= 15 is 0 Å². The molecule has 0 saturated carbocycles. The molecule has 1 unspecified atom stereocenters. The summed E-state index contributed by atoms with van der Waals surface area (Å²) in [6, 6.07) is 18.9. The molecule has 2 heterocycles. The predicted molar refractivity (Wildman–Crippen MR) is 120 cm³/mol. The molecule has 2 aromatic rings. The first-order valence-corrected chi connectivity index (χ1v) is 11.0. The lowest BCUT2D eigenvalue weighted by Crippen LogP contribution is -2.49. The normalized spacial score (nSPS) is 20.0. The Morgan fingerprint density at radius 2 is 1.77 bits per heavy atom. The average molecular weight is 409 g/mol. The van der Waals surface area contributed by atoms with Gasteiger partial charge >= 0.3 is 0 Å². The van der Waals surface area contributed by atoms with Gasteiger partial charge in [0.2, 0.25) is 0 Å². The summed E-state index contributed by atoms with van der Waals surface area (Å²) >= 11 is 0. The van der Waals surface area contributed by atoms with Crippen LogP contribution in [0.2, 0.25) is 0 Å². The molecule has 2 aromatic carbocycles. The van der Waals surface area contributed by atoms with E-state index in [9.17, 15) is 0 Å². The van der Waals surface area contributed by atoms with Gasteiger partial charge in [-0.05, 0) is 37.5 Å². The molecule has 2 aliphatic rings. The highest BCUT2D eigenvalue weighted by molar-refractivity contribution is 5.80. The van der Waals surface area contributed by atoms with Gasteiger partial charge in [0, 0.05) is 32.2 Å². The van der Waals surface area contributed by atoms with E-state index in [-0.39, 0.29) is 6.10 Å². The highest BCUT2D eigenvalue weighted by Gasteiger charge is 2.22. The third kappa shape index (κ3) is 5.66. The number of nitrogens with one attached hydrogen (secondary N) is 2. The minimum atomic E-state index is -0.0666. The first-order chi connectivity index (χ1) is 14.8. The Morgan fingerprint density at radius 3 is 2.53 bits per heavy atom. The maximum absolute atomic E-state index is 6.03. The zero-order valence-corrected chi connectivity index (χ0v) is 17.7. The van der Waals surface area contributed by atoms with Crippen LogP contribution in [0, 0.1) is 0 Å². The molecule has 1 fully saturated rings. The van der Waals surface area contributed by atoms with E-state index in [0.717, 1.165) is 56.5 Å². The fourth-order valence-electron chi connectivity index (χ4n) is 3.94. The number of guanidine groups is 1. The Hall–Kier alpha value is -2.73. The van der Waals surface area contributed by atoms with Gasteiger partial charge < -0.3 is 20.1 Å². The molecule has 0 spiro atoms. The Labute approximate surface area is 179 Å². The van der Waals surface area contributed by atoms with Crippen molar-refractivity contribution in [2.75, 3.05) is 32.8 Å². The second-order valence-electron chi connectivity index (χ2n) is 7.90. The van der Waals surface area contributed by atoms with Crippen LogP contribution in [-0.2, 0) is 6.54 Å². The SMILES string of the molecule is CCNC(=NCC1COc2ccccc2O1)NC1CCN(Cc2ccccc2)CC1. The van der Waals surface area contributed by atoms with Gasteiger partial charge in [-0.25, -0.2) is 4.99 Å². The second-order valence-corrected chi connectivity index (χ2v) is 7.90. The number of aliphatic imine (C=N–C) groups is 1.